The zero-order valence-electron chi connectivity index (χ0n) is 18.6. The van der Waals surface area contributed by atoms with Gasteiger partial charge in [0.15, 0.2) is 0 Å². The fourth-order valence-corrected chi connectivity index (χ4v) is 5.04. The summed E-state index contributed by atoms with van der Waals surface area (Å²) < 4.78 is 68.4. The Morgan fingerprint density at radius 1 is 1.03 bits per heavy atom. The average Bonchev–Trinajstić information content (AvgIpc) is 2.79. The number of nitro benzene ring substituents is 1. The number of esters is 1. The van der Waals surface area contributed by atoms with E-state index in [4.69, 9.17) is 13.8 Å². The van der Waals surface area contributed by atoms with Crippen LogP contribution >= 0.6 is 7.75 Å². The van der Waals surface area contributed by atoms with Crippen molar-refractivity contribution in [1.29, 1.82) is 0 Å². The number of non-ortho nitro benzene ring substituents is 1. The molecule has 3 rings (SSSR count). The number of hydrogen-bond donors (Lipinski definition) is 1. The molecule has 0 aliphatic heterocycles. The van der Waals surface area contributed by atoms with Crippen molar-refractivity contribution < 1.29 is 41.2 Å². The molecule has 2 atom stereocenters. The topological polar surface area (TPSA) is 117 Å². The Balaban J connectivity index is 1.67. The van der Waals surface area contributed by atoms with Gasteiger partial charge in [-0.25, -0.2) is 4.57 Å². The van der Waals surface area contributed by atoms with Crippen LogP contribution in [-0.2, 0) is 14.1 Å². The molecule has 1 fully saturated rings. The fourth-order valence-electron chi connectivity index (χ4n) is 3.52. The van der Waals surface area contributed by atoms with Crippen LogP contribution in [0.25, 0.3) is 0 Å². The first kappa shape index (κ1) is 26.5. The van der Waals surface area contributed by atoms with Gasteiger partial charge >= 0.3 is 19.9 Å². The maximum Gasteiger partial charge on any atom is 0.513 e. The molecule has 190 valence electrons. The lowest BCUT2D eigenvalue weighted by atomic mass is 9.87. The first-order valence-corrected chi connectivity index (χ1v) is 12.3. The molecule has 0 amide bonds. The molecule has 2 aromatic carbocycles. The van der Waals surface area contributed by atoms with Crippen LogP contribution in [0.4, 0.5) is 18.9 Å². The van der Waals surface area contributed by atoms with E-state index in [0.29, 0.717) is 0 Å². The summed E-state index contributed by atoms with van der Waals surface area (Å²) in [7, 11) is -4.27. The number of ether oxygens (including phenoxy) is 1. The van der Waals surface area contributed by atoms with Crippen LogP contribution in [-0.4, -0.2) is 29.2 Å². The number of carbonyl (C=O) groups excluding carboxylic acids is 1. The van der Waals surface area contributed by atoms with E-state index in [1.807, 2.05) is 0 Å². The molecule has 0 heterocycles. The van der Waals surface area contributed by atoms with Crippen molar-refractivity contribution >= 4 is 19.4 Å². The van der Waals surface area contributed by atoms with Crippen molar-refractivity contribution in [3.63, 3.8) is 0 Å². The monoisotopic (exact) mass is 516 g/mol. The lowest BCUT2D eigenvalue weighted by Crippen LogP contribution is -2.39. The highest BCUT2D eigenvalue weighted by molar-refractivity contribution is 7.52. The Kier molecular flexibility index (Phi) is 8.39. The Hall–Kier alpha value is -3.11. The highest BCUT2D eigenvalue weighted by Crippen LogP contribution is 2.45. The summed E-state index contributed by atoms with van der Waals surface area (Å²) in [6.45, 7) is 1.35. The molecule has 0 radical (unpaired) electrons. The molecule has 35 heavy (non-hydrogen) atoms. The first-order chi connectivity index (χ1) is 16.4. The van der Waals surface area contributed by atoms with Crippen LogP contribution in [0, 0.1) is 16.0 Å². The SMILES string of the molecule is C[C@H](N[P@](=O)(Oc1ccccc1)Oc1ccc([N+](=O)[O-])cc1)C(=O)O[C@H]1CC[C@H](C(F)(F)F)CC1. The van der Waals surface area contributed by atoms with Crippen LogP contribution in [0.2, 0.25) is 0 Å². The van der Waals surface area contributed by atoms with Gasteiger partial charge in [-0.15, -0.1) is 0 Å². The molecular weight excluding hydrogens is 492 g/mol. The molecule has 2 aromatic rings. The van der Waals surface area contributed by atoms with Crippen LogP contribution in [0.3, 0.4) is 0 Å². The molecule has 1 saturated carbocycles. The molecule has 0 aromatic heterocycles. The smallest absolute Gasteiger partial charge is 0.461 e. The summed E-state index contributed by atoms with van der Waals surface area (Å²) >= 11 is 0. The predicted octanol–water partition coefficient (Wildman–Crippen LogP) is 5.80. The number of rotatable bonds is 9. The van der Waals surface area contributed by atoms with E-state index >= 15 is 0 Å². The largest absolute Gasteiger partial charge is 0.513 e. The number of carbonyl (C=O) groups is 1. The van der Waals surface area contributed by atoms with Crippen molar-refractivity contribution in [2.24, 2.45) is 5.92 Å². The third kappa shape index (κ3) is 7.69. The van der Waals surface area contributed by atoms with Gasteiger partial charge in [-0.1, -0.05) is 18.2 Å². The van der Waals surface area contributed by atoms with Gasteiger partial charge in [0.1, 0.15) is 23.6 Å². The van der Waals surface area contributed by atoms with E-state index in [1.165, 1.54) is 31.2 Å². The molecule has 1 aliphatic rings. The molecule has 1 aliphatic carbocycles. The maximum atomic E-state index is 13.5. The minimum atomic E-state index is -4.28. The number of nitro groups is 1. The van der Waals surface area contributed by atoms with Gasteiger partial charge in [0.2, 0.25) is 0 Å². The second kappa shape index (κ2) is 11.1. The van der Waals surface area contributed by atoms with E-state index in [0.717, 1.165) is 12.1 Å². The number of halogens is 3. The Morgan fingerprint density at radius 3 is 2.09 bits per heavy atom. The molecule has 0 unspecified atom stereocenters. The van der Waals surface area contributed by atoms with Crippen LogP contribution in [0.5, 0.6) is 11.5 Å². The number of nitrogens with zero attached hydrogens (tertiary/aromatic N) is 1. The summed E-state index contributed by atoms with van der Waals surface area (Å²) in [5.74, 6) is -2.10. The third-order valence-corrected chi connectivity index (χ3v) is 6.97. The van der Waals surface area contributed by atoms with Gasteiger partial charge in [0.25, 0.3) is 5.69 Å². The van der Waals surface area contributed by atoms with Gasteiger partial charge < -0.3 is 13.8 Å². The first-order valence-electron chi connectivity index (χ1n) is 10.8. The summed E-state index contributed by atoms with van der Waals surface area (Å²) in [6, 6.07) is 11.5. The summed E-state index contributed by atoms with van der Waals surface area (Å²) in [6.07, 6.45) is -5.10. The predicted molar refractivity (Wildman–Crippen MR) is 119 cm³/mol. The molecular formula is C22H24F3N2O7P. The number of nitrogens with one attached hydrogen (secondary N) is 1. The molecule has 13 heteroatoms. The van der Waals surface area contributed by atoms with E-state index in [2.05, 4.69) is 5.09 Å². The van der Waals surface area contributed by atoms with Crippen LogP contribution < -0.4 is 14.1 Å². The molecule has 0 bridgehead atoms. The zero-order valence-corrected chi connectivity index (χ0v) is 19.5. The van der Waals surface area contributed by atoms with E-state index in [1.54, 1.807) is 18.2 Å². The van der Waals surface area contributed by atoms with Gasteiger partial charge in [0, 0.05) is 12.1 Å². The lowest BCUT2D eigenvalue weighted by Gasteiger charge is -2.30. The Morgan fingerprint density at radius 2 is 1.57 bits per heavy atom. The van der Waals surface area contributed by atoms with Crippen molar-refractivity contribution in [3.8, 4) is 11.5 Å². The standard InChI is InChI=1S/C22H24F3N2O7P/c1-15(21(28)32-18-11-7-16(8-12-18)22(23,24)25)26-35(31,33-19-5-3-2-4-6-19)34-20-13-9-17(10-14-20)27(29)30/h2-6,9-10,13-16,18H,7-8,11-12H2,1H3,(H,26,31)/t15-,16-,18-,35-/m0/s1. The van der Waals surface area contributed by atoms with Crippen molar-refractivity contribution in [2.75, 3.05) is 0 Å². The maximum absolute atomic E-state index is 13.5. The van der Waals surface area contributed by atoms with Crippen molar-refractivity contribution in [3.05, 3.63) is 64.7 Å². The van der Waals surface area contributed by atoms with Gasteiger partial charge in [-0.3, -0.25) is 14.9 Å². The molecule has 0 saturated heterocycles. The summed E-state index contributed by atoms with van der Waals surface area (Å²) in [4.78, 5) is 22.8. The van der Waals surface area contributed by atoms with Crippen LogP contribution in [0.1, 0.15) is 32.6 Å². The van der Waals surface area contributed by atoms with E-state index in [9.17, 15) is 32.6 Å². The molecule has 0 spiro atoms. The van der Waals surface area contributed by atoms with Crippen LogP contribution in [0.15, 0.2) is 54.6 Å². The summed E-state index contributed by atoms with van der Waals surface area (Å²) in [5, 5.41) is 13.3. The normalized spacial score (nSPS) is 20.8. The highest BCUT2D eigenvalue weighted by atomic mass is 31.2. The van der Waals surface area contributed by atoms with Gasteiger partial charge in [0.05, 0.1) is 10.8 Å². The highest BCUT2D eigenvalue weighted by Gasteiger charge is 2.42. The quantitative estimate of drug-likeness (QED) is 0.192. The minimum absolute atomic E-state index is 0.0200. The third-order valence-electron chi connectivity index (χ3n) is 5.37. The van der Waals surface area contributed by atoms with E-state index in [-0.39, 0.29) is 42.9 Å². The second-order valence-corrected chi connectivity index (χ2v) is 9.67. The summed E-state index contributed by atoms with van der Waals surface area (Å²) in [5.41, 5.74) is -0.207. The molecule has 1 N–H and O–H groups in total. The lowest BCUT2D eigenvalue weighted by molar-refractivity contribution is -0.384. The number of hydrogen-bond acceptors (Lipinski definition) is 7. The zero-order chi connectivity index (χ0) is 25.6. The fraction of sp³-hybridized carbons (Fsp3) is 0.409. The number of benzene rings is 2. The number of para-hydroxylation sites is 1. The van der Waals surface area contributed by atoms with Gasteiger partial charge in [-0.2, -0.15) is 18.3 Å². The Bertz CT molecular complexity index is 1060. The van der Waals surface area contributed by atoms with Crippen molar-refractivity contribution in [1.82, 2.24) is 5.09 Å². The number of alkyl halides is 3. The van der Waals surface area contributed by atoms with Gasteiger partial charge in [-0.05, 0) is 56.9 Å². The molecule has 9 nitrogen and oxygen atoms in total. The minimum Gasteiger partial charge on any atom is -0.461 e. The second-order valence-electron chi connectivity index (χ2n) is 8.05. The van der Waals surface area contributed by atoms with E-state index < -0.39 is 42.9 Å². The Labute approximate surface area is 199 Å². The average molecular weight is 516 g/mol. The van der Waals surface area contributed by atoms with Crippen molar-refractivity contribution in [2.45, 2.75) is 50.9 Å².